The number of nitrogens with two attached hydrogens (primary N) is 1. The molecule has 3 nitrogen and oxygen atoms in total. The number of amides is 1. The molecule has 0 radical (unpaired) electrons. The summed E-state index contributed by atoms with van der Waals surface area (Å²) >= 11 is 0. The molecule has 1 amide bonds. The van der Waals surface area contributed by atoms with Gasteiger partial charge in [-0.2, -0.15) is 13.2 Å². The molecule has 1 aliphatic carbocycles. The van der Waals surface area contributed by atoms with Crippen molar-refractivity contribution in [3.8, 4) is 0 Å². The molecular weight excluding hydrogens is 317 g/mol. The Balaban J connectivity index is 1.66. The predicted molar refractivity (Wildman–Crippen MR) is 85.2 cm³/mol. The van der Waals surface area contributed by atoms with E-state index in [1.165, 1.54) is 12.1 Å². The van der Waals surface area contributed by atoms with Crippen LogP contribution in [0.1, 0.15) is 43.2 Å². The first-order chi connectivity index (χ1) is 11.3. The first-order valence-corrected chi connectivity index (χ1v) is 8.49. The van der Waals surface area contributed by atoms with Crippen LogP contribution < -0.4 is 5.73 Å². The number of carbonyl (C=O) groups is 1. The first-order valence-electron chi connectivity index (χ1n) is 8.49. The van der Waals surface area contributed by atoms with Gasteiger partial charge in [-0.05, 0) is 49.7 Å². The average molecular weight is 340 g/mol. The van der Waals surface area contributed by atoms with Crippen molar-refractivity contribution < 1.29 is 18.0 Å². The lowest BCUT2D eigenvalue weighted by atomic mass is 9.92. The molecular formula is C18H23F3N2O. The molecule has 1 saturated carbocycles. The van der Waals surface area contributed by atoms with E-state index in [2.05, 4.69) is 0 Å². The van der Waals surface area contributed by atoms with Crippen LogP contribution >= 0.6 is 0 Å². The Bertz CT molecular complexity index is 615. The van der Waals surface area contributed by atoms with Crippen LogP contribution in [0, 0.1) is 11.8 Å². The van der Waals surface area contributed by atoms with Gasteiger partial charge in [-0.15, -0.1) is 0 Å². The minimum Gasteiger partial charge on any atom is -0.342 e. The molecule has 6 heteroatoms. The van der Waals surface area contributed by atoms with E-state index in [1.807, 2.05) is 11.8 Å². The number of benzene rings is 1. The summed E-state index contributed by atoms with van der Waals surface area (Å²) in [4.78, 5) is 14.5. The Hall–Kier alpha value is -1.56. The lowest BCUT2D eigenvalue weighted by Crippen LogP contribution is -2.45. The second-order valence-electron chi connectivity index (χ2n) is 7.12. The third-order valence-electron chi connectivity index (χ3n) is 5.26. The second kappa shape index (κ2) is 6.39. The van der Waals surface area contributed by atoms with Gasteiger partial charge < -0.3 is 10.6 Å². The lowest BCUT2D eigenvalue weighted by Gasteiger charge is -2.34. The fourth-order valence-electron chi connectivity index (χ4n) is 3.66. The van der Waals surface area contributed by atoms with Gasteiger partial charge in [-0.25, -0.2) is 0 Å². The predicted octanol–water partition coefficient (Wildman–Crippen LogP) is 3.39. The van der Waals surface area contributed by atoms with Crippen molar-refractivity contribution in [1.29, 1.82) is 0 Å². The Morgan fingerprint density at radius 3 is 2.79 bits per heavy atom. The Morgan fingerprint density at radius 1 is 1.38 bits per heavy atom. The van der Waals surface area contributed by atoms with E-state index in [9.17, 15) is 18.0 Å². The summed E-state index contributed by atoms with van der Waals surface area (Å²) in [5.41, 5.74) is 5.92. The number of alkyl halides is 3. The zero-order valence-corrected chi connectivity index (χ0v) is 13.7. The van der Waals surface area contributed by atoms with Gasteiger partial charge in [0.2, 0.25) is 5.91 Å². The molecule has 132 valence electrons. The highest BCUT2D eigenvalue weighted by molar-refractivity contribution is 5.83. The molecule has 2 aliphatic rings. The van der Waals surface area contributed by atoms with E-state index < -0.39 is 11.7 Å². The smallest absolute Gasteiger partial charge is 0.342 e. The number of carbonyl (C=O) groups excluding carboxylic acids is 1. The molecule has 1 saturated heterocycles. The van der Waals surface area contributed by atoms with Crippen molar-refractivity contribution in [2.45, 2.75) is 44.3 Å². The van der Waals surface area contributed by atoms with Crippen LogP contribution in [0.4, 0.5) is 13.2 Å². The van der Waals surface area contributed by atoms with Crippen molar-refractivity contribution in [3.63, 3.8) is 0 Å². The maximum absolute atomic E-state index is 12.8. The van der Waals surface area contributed by atoms with Gasteiger partial charge >= 0.3 is 6.18 Å². The molecule has 1 aliphatic heterocycles. The van der Waals surface area contributed by atoms with E-state index in [-0.39, 0.29) is 23.8 Å². The molecule has 0 aromatic heterocycles. The van der Waals surface area contributed by atoms with Crippen LogP contribution in [0.15, 0.2) is 24.3 Å². The lowest BCUT2D eigenvalue weighted by molar-refractivity contribution is -0.137. The second-order valence-corrected chi connectivity index (χ2v) is 7.12. The van der Waals surface area contributed by atoms with Crippen LogP contribution in [0.3, 0.4) is 0 Å². The summed E-state index contributed by atoms with van der Waals surface area (Å²) in [6.07, 6.45) is -1.73. The van der Waals surface area contributed by atoms with Crippen molar-refractivity contribution in [2.24, 2.45) is 17.6 Å². The minimum absolute atomic E-state index is 0.0547. The molecule has 1 heterocycles. The largest absolute Gasteiger partial charge is 0.416 e. The van der Waals surface area contributed by atoms with Gasteiger partial charge in [0.15, 0.2) is 0 Å². The normalized spacial score (nSPS) is 28.5. The average Bonchev–Trinajstić information content (AvgIpc) is 3.34. The van der Waals surface area contributed by atoms with Gasteiger partial charge in [0.05, 0.1) is 5.56 Å². The highest BCUT2D eigenvalue weighted by Crippen LogP contribution is 2.49. The van der Waals surface area contributed by atoms with Crippen LogP contribution in [0.5, 0.6) is 0 Å². The maximum atomic E-state index is 12.8. The number of piperidine rings is 1. The number of nitrogens with zero attached hydrogens (tertiary/aromatic N) is 1. The molecule has 1 aromatic carbocycles. The third kappa shape index (κ3) is 3.58. The number of rotatable bonds is 3. The van der Waals surface area contributed by atoms with Crippen molar-refractivity contribution >= 4 is 5.91 Å². The number of hydrogen-bond acceptors (Lipinski definition) is 2. The topological polar surface area (TPSA) is 46.3 Å². The number of halogens is 3. The van der Waals surface area contributed by atoms with E-state index in [4.69, 9.17) is 5.73 Å². The Morgan fingerprint density at radius 2 is 2.12 bits per heavy atom. The quantitative estimate of drug-likeness (QED) is 0.917. The summed E-state index contributed by atoms with van der Waals surface area (Å²) in [5, 5.41) is 0. The molecule has 1 aromatic rings. The van der Waals surface area contributed by atoms with E-state index in [0.717, 1.165) is 25.5 Å². The van der Waals surface area contributed by atoms with Crippen molar-refractivity contribution in [3.05, 3.63) is 35.4 Å². The molecule has 2 N–H and O–H groups in total. The van der Waals surface area contributed by atoms with Crippen LogP contribution in [-0.4, -0.2) is 29.9 Å². The summed E-state index contributed by atoms with van der Waals surface area (Å²) in [5.74, 6) is 0.118. The summed E-state index contributed by atoms with van der Waals surface area (Å²) in [6, 6.07) is 5.41. The molecule has 3 rings (SSSR count). The van der Waals surface area contributed by atoms with Crippen LogP contribution in [0.2, 0.25) is 0 Å². The zero-order valence-electron chi connectivity index (χ0n) is 13.7. The summed E-state index contributed by atoms with van der Waals surface area (Å²) in [7, 11) is 0. The first kappa shape index (κ1) is 17.3. The number of likely N-dealkylation sites (tertiary alicyclic amines) is 1. The molecule has 0 unspecified atom stereocenters. The van der Waals surface area contributed by atoms with Gasteiger partial charge in [-0.3, -0.25) is 4.79 Å². The van der Waals surface area contributed by atoms with Gasteiger partial charge in [0.1, 0.15) is 0 Å². The molecule has 24 heavy (non-hydrogen) atoms. The summed E-state index contributed by atoms with van der Waals surface area (Å²) in [6.45, 7) is 3.36. The molecule has 0 bridgehead atoms. The Kier molecular flexibility index (Phi) is 4.60. The third-order valence-corrected chi connectivity index (χ3v) is 5.26. The Labute approximate surface area is 140 Å². The van der Waals surface area contributed by atoms with Gasteiger partial charge in [0, 0.05) is 25.0 Å². The molecule has 4 atom stereocenters. The zero-order chi connectivity index (χ0) is 17.5. The van der Waals surface area contributed by atoms with Gasteiger partial charge in [0.25, 0.3) is 0 Å². The fourth-order valence-corrected chi connectivity index (χ4v) is 3.66. The van der Waals surface area contributed by atoms with E-state index >= 15 is 0 Å². The van der Waals surface area contributed by atoms with Crippen LogP contribution in [0.25, 0.3) is 0 Å². The molecule has 0 spiro atoms. The minimum atomic E-state index is -4.35. The monoisotopic (exact) mass is 340 g/mol. The molecule has 2 fully saturated rings. The van der Waals surface area contributed by atoms with Crippen molar-refractivity contribution in [2.75, 3.05) is 13.1 Å². The SMILES string of the molecule is C[C@H](N)[C@@H]1CCCN(C(=O)[C@@H]2C[C@H]2c2cccc(C(F)(F)F)c2)C1. The summed E-state index contributed by atoms with van der Waals surface area (Å²) < 4.78 is 38.5. The van der Waals surface area contributed by atoms with E-state index in [0.29, 0.717) is 24.4 Å². The van der Waals surface area contributed by atoms with Gasteiger partial charge in [-0.1, -0.05) is 18.2 Å². The number of hydrogen-bond donors (Lipinski definition) is 1. The standard InChI is InChI=1S/C18H23F3N2O/c1-11(22)13-5-3-7-23(10-13)17(24)16-9-15(16)12-4-2-6-14(8-12)18(19,20)21/h2,4,6,8,11,13,15-16H,3,5,7,9-10,22H2,1H3/t11-,13+,15-,16+/m0/s1. The highest BCUT2D eigenvalue weighted by atomic mass is 19.4. The fraction of sp³-hybridized carbons (Fsp3) is 0.611. The van der Waals surface area contributed by atoms with Crippen molar-refractivity contribution in [1.82, 2.24) is 4.90 Å². The highest BCUT2D eigenvalue weighted by Gasteiger charge is 2.47. The maximum Gasteiger partial charge on any atom is 0.416 e. The van der Waals surface area contributed by atoms with E-state index in [1.54, 1.807) is 6.07 Å². The van der Waals surface area contributed by atoms with Crippen LogP contribution in [-0.2, 0) is 11.0 Å².